The molecule has 1 nitrogen and oxygen atoms in total. The summed E-state index contributed by atoms with van der Waals surface area (Å²) in [4.78, 5) is 0. The van der Waals surface area contributed by atoms with Gasteiger partial charge in [0.2, 0.25) is 0 Å². The van der Waals surface area contributed by atoms with Crippen LogP contribution in [0.15, 0.2) is 36.4 Å². The monoisotopic (exact) mass is 260 g/mol. The molecule has 2 aromatic rings. The van der Waals surface area contributed by atoms with Crippen LogP contribution in [0.5, 0.6) is 5.75 Å². The van der Waals surface area contributed by atoms with E-state index >= 15 is 0 Å². The summed E-state index contributed by atoms with van der Waals surface area (Å²) >= 11 is 6.00. The smallest absolute Gasteiger partial charge is 0.124 e. The quantitative estimate of drug-likeness (QED) is 0.786. The molecule has 0 bridgehead atoms. The fourth-order valence-corrected chi connectivity index (χ4v) is 2.56. The Bertz CT molecular complexity index is 538. The fraction of sp³-hybridized carbons (Fsp3) is 0.250. The van der Waals surface area contributed by atoms with E-state index in [1.807, 2.05) is 18.2 Å². The van der Waals surface area contributed by atoms with Gasteiger partial charge in [0.25, 0.3) is 0 Å². The number of hydrogen-bond acceptors (Lipinski definition) is 1. The molecule has 0 radical (unpaired) electrons. The van der Waals surface area contributed by atoms with Gasteiger partial charge in [-0.2, -0.15) is 0 Å². The molecule has 0 fully saturated rings. The zero-order valence-electron chi connectivity index (χ0n) is 11.0. The Balaban J connectivity index is 2.30. The van der Waals surface area contributed by atoms with Gasteiger partial charge in [-0.1, -0.05) is 35.9 Å². The molecule has 0 saturated carbocycles. The molecular formula is C16H17ClO. The molecule has 0 N–H and O–H groups in total. The van der Waals surface area contributed by atoms with Crippen LogP contribution in [0.3, 0.4) is 0 Å². The van der Waals surface area contributed by atoms with E-state index in [9.17, 15) is 0 Å². The summed E-state index contributed by atoms with van der Waals surface area (Å²) in [7, 11) is 1.71. The zero-order chi connectivity index (χ0) is 13.1. The summed E-state index contributed by atoms with van der Waals surface area (Å²) in [6, 6.07) is 12.3. The van der Waals surface area contributed by atoms with E-state index in [0.29, 0.717) is 0 Å². The lowest BCUT2D eigenvalue weighted by Crippen LogP contribution is -1.95. The molecule has 0 heterocycles. The molecule has 2 aromatic carbocycles. The van der Waals surface area contributed by atoms with Crippen molar-refractivity contribution in [1.82, 2.24) is 0 Å². The molecule has 0 amide bonds. The topological polar surface area (TPSA) is 9.23 Å². The maximum atomic E-state index is 6.00. The summed E-state index contributed by atoms with van der Waals surface area (Å²) in [5.41, 5.74) is 4.86. The van der Waals surface area contributed by atoms with Gasteiger partial charge < -0.3 is 4.74 Å². The maximum absolute atomic E-state index is 6.00. The predicted molar refractivity (Wildman–Crippen MR) is 76.7 cm³/mol. The molecule has 0 aromatic heterocycles. The standard InChI is InChI=1S/C16H17ClO/c1-11-7-14(8-12(2)16(11)18-3)9-13-5-4-6-15(17)10-13/h4-8,10H,9H2,1-3H3. The van der Waals surface area contributed by atoms with Crippen LogP contribution in [0.2, 0.25) is 5.02 Å². The zero-order valence-corrected chi connectivity index (χ0v) is 11.7. The number of ether oxygens (including phenoxy) is 1. The number of halogens is 1. The molecule has 0 aliphatic carbocycles. The van der Waals surface area contributed by atoms with Crippen LogP contribution < -0.4 is 4.74 Å². The van der Waals surface area contributed by atoms with Gasteiger partial charge in [-0.05, 0) is 54.7 Å². The van der Waals surface area contributed by atoms with Crippen molar-refractivity contribution in [2.75, 3.05) is 7.11 Å². The number of methoxy groups -OCH3 is 1. The molecule has 2 rings (SSSR count). The molecule has 94 valence electrons. The normalized spacial score (nSPS) is 10.4. The number of benzene rings is 2. The van der Waals surface area contributed by atoms with E-state index in [-0.39, 0.29) is 0 Å². The first-order chi connectivity index (χ1) is 8.60. The lowest BCUT2D eigenvalue weighted by Gasteiger charge is -2.11. The molecule has 0 saturated heterocycles. The molecule has 0 unspecified atom stereocenters. The highest BCUT2D eigenvalue weighted by Crippen LogP contribution is 2.25. The Kier molecular flexibility index (Phi) is 3.93. The van der Waals surface area contributed by atoms with Crippen molar-refractivity contribution in [3.63, 3.8) is 0 Å². The Morgan fingerprint density at radius 2 is 1.67 bits per heavy atom. The highest BCUT2D eigenvalue weighted by molar-refractivity contribution is 6.30. The van der Waals surface area contributed by atoms with Crippen molar-refractivity contribution in [2.24, 2.45) is 0 Å². The van der Waals surface area contributed by atoms with Crippen LogP contribution in [0, 0.1) is 13.8 Å². The molecular weight excluding hydrogens is 244 g/mol. The minimum absolute atomic E-state index is 0.787. The average molecular weight is 261 g/mol. The Hall–Kier alpha value is -1.47. The van der Waals surface area contributed by atoms with Crippen molar-refractivity contribution in [1.29, 1.82) is 0 Å². The number of aryl methyl sites for hydroxylation is 2. The van der Waals surface area contributed by atoms with Crippen LogP contribution >= 0.6 is 11.6 Å². The highest BCUT2D eigenvalue weighted by Gasteiger charge is 2.06. The molecule has 0 aliphatic heterocycles. The average Bonchev–Trinajstić information content (AvgIpc) is 2.28. The van der Waals surface area contributed by atoms with Gasteiger partial charge in [0, 0.05) is 5.02 Å². The second kappa shape index (κ2) is 5.45. The number of rotatable bonds is 3. The van der Waals surface area contributed by atoms with Gasteiger partial charge in [0.15, 0.2) is 0 Å². The van der Waals surface area contributed by atoms with Crippen LogP contribution in [-0.2, 0) is 6.42 Å². The summed E-state index contributed by atoms with van der Waals surface area (Å²) in [5, 5.41) is 0.787. The van der Waals surface area contributed by atoms with Crippen molar-refractivity contribution >= 4 is 11.6 Å². The maximum Gasteiger partial charge on any atom is 0.124 e. The first kappa shape index (κ1) is 13.0. The minimum Gasteiger partial charge on any atom is -0.496 e. The van der Waals surface area contributed by atoms with Crippen LogP contribution in [0.25, 0.3) is 0 Å². The Morgan fingerprint density at radius 3 is 2.22 bits per heavy atom. The molecule has 0 spiro atoms. The van der Waals surface area contributed by atoms with Crippen molar-refractivity contribution in [3.05, 3.63) is 63.7 Å². The third-order valence-electron chi connectivity index (χ3n) is 3.02. The second-order valence-corrected chi connectivity index (χ2v) is 5.01. The van der Waals surface area contributed by atoms with E-state index in [1.54, 1.807) is 7.11 Å². The fourth-order valence-electron chi connectivity index (χ4n) is 2.35. The highest BCUT2D eigenvalue weighted by atomic mass is 35.5. The SMILES string of the molecule is COc1c(C)cc(Cc2cccc(Cl)c2)cc1C. The largest absolute Gasteiger partial charge is 0.496 e. The first-order valence-electron chi connectivity index (χ1n) is 5.98. The van der Waals surface area contributed by atoms with Crippen molar-refractivity contribution < 1.29 is 4.74 Å². The predicted octanol–water partition coefficient (Wildman–Crippen LogP) is 4.56. The number of hydrogen-bond donors (Lipinski definition) is 0. The van der Waals surface area contributed by atoms with E-state index < -0.39 is 0 Å². The lowest BCUT2D eigenvalue weighted by atomic mass is 10.00. The van der Waals surface area contributed by atoms with Crippen LogP contribution in [0.4, 0.5) is 0 Å². The second-order valence-electron chi connectivity index (χ2n) is 4.57. The lowest BCUT2D eigenvalue weighted by molar-refractivity contribution is 0.408. The van der Waals surface area contributed by atoms with Gasteiger partial charge in [-0.25, -0.2) is 0 Å². The van der Waals surface area contributed by atoms with E-state index in [2.05, 4.69) is 32.0 Å². The van der Waals surface area contributed by atoms with Gasteiger partial charge in [0.1, 0.15) is 5.75 Å². The van der Waals surface area contributed by atoms with Crippen molar-refractivity contribution in [2.45, 2.75) is 20.3 Å². The Labute approximate surface area is 113 Å². The van der Waals surface area contributed by atoms with E-state index in [0.717, 1.165) is 17.2 Å². The third-order valence-corrected chi connectivity index (χ3v) is 3.26. The van der Waals surface area contributed by atoms with E-state index in [4.69, 9.17) is 16.3 Å². The summed E-state index contributed by atoms with van der Waals surface area (Å²) in [6.07, 6.45) is 0.895. The third kappa shape index (κ3) is 2.85. The van der Waals surface area contributed by atoms with Gasteiger partial charge in [0.05, 0.1) is 7.11 Å². The molecule has 2 heteroatoms. The van der Waals surface area contributed by atoms with E-state index in [1.165, 1.54) is 22.3 Å². The van der Waals surface area contributed by atoms with Crippen LogP contribution in [-0.4, -0.2) is 7.11 Å². The molecule has 18 heavy (non-hydrogen) atoms. The Morgan fingerprint density at radius 1 is 1.00 bits per heavy atom. The summed E-state index contributed by atoms with van der Waals surface area (Å²) < 4.78 is 5.38. The summed E-state index contributed by atoms with van der Waals surface area (Å²) in [6.45, 7) is 4.15. The summed E-state index contributed by atoms with van der Waals surface area (Å²) in [5.74, 6) is 0.977. The van der Waals surface area contributed by atoms with Crippen LogP contribution in [0.1, 0.15) is 22.3 Å². The van der Waals surface area contributed by atoms with Crippen molar-refractivity contribution in [3.8, 4) is 5.75 Å². The van der Waals surface area contributed by atoms with Gasteiger partial charge in [-0.3, -0.25) is 0 Å². The minimum atomic E-state index is 0.787. The van der Waals surface area contributed by atoms with Gasteiger partial charge >= 0.3 is 0 Å². The molecule has 0 atom stereocenters. The van der Waals surface area contributed by atoms with Gasteiger partial charge in [-0.15, -0.1) is 0 Å². The molecule has 0 aliphatic rings. The first-order valence-corrected chi connectivity index (χ1v) is 6.36.